The predicted octanol–water partition coefficient (Wildman–Crippen LogP) is 1.00. The molecule has 0 unspecified atom stereocenters. The van der Waals surface area contributed by atoms with E-state index in [4.69, 9.17) is 11.5 Å². The van der Waals surface area contributed by atoms with E-state index in [1.807, 2.05) is 0 Å². The zero-order valence-electron chi connectivity index (χ0n) is 9.23. The van der Waals surface area contributed by atoms with Crippen molar-refractivity contribution in [2.45, 2.75) is 33.2 Å². The Morgan fingerprint density at radius 1 is 1.60 bits per heavy atom. The molecule has 0 saturated carbocycles. The first kappa shape index (κ1) is 11.6. The first-order chi connectivity index (χ1) is 7.00. The highest BCUT2D eigenvalue weighted by Gasteiger charge is 2.10. The second-order valence-corrected chi connectivity index (χ2v) is 4.10. The van der Waals surface area contributed by atoms with E-state index in [-0.39, 0.29) is 5.69 Å². The van der Waals surface area contributed by atoms with Gasteiger partial charge in [0.15, 0.2) is 5.69 Å². The SMILES string of the molecule is CC(C)CCCn1cc(N)c(C(N)=O)n1. The van der Waals surface area contributed by atoms with Crippen LogP contribution in [0.25, 0.3) is 0 Å². The first-order valence-corrected chi connectivity index (χ1v) is 5.13. The van der Waals surface area contributed by atoms with Gasteiger partial charge >= 0.3 is 0 Å². The maximum Gasteiger partial charge on any atom is 0.271 e. The van der Waals surface area contributed by atoms with Crippen molar-refractivity contribution >= 4 is 11.6 Å². The lowest BCUT2D eigenvalue weighted by Crippen LogP contribution is -2.14. The minimum Gasteiger partial charge on any atom is -0.396 e. The van der Waals surface area contributed by atoms with Crippen LogP contribution in [0.3, 0.4) is 0 Å². The average molecular weight is 210 g/mol. The number of hydrogen-bond donors (Lipinski definition) is 2. The Bertz CT molecular complexity index is 343. The summed E-state index contributed by atoms with van der Waals surface area (Å²) < 4.78 is 1.68. The summed E-state index contributed by atoms with van der Waals surface area (Å²) in [6.07, 6.45) is 3.81. The van der Waals surface area contributed by atoms with Crippen molar-refractivity contribution < 1.29 is 4.79 Å². The molecule has 0 atom stereocenters. The van der Waals surface area contributed by atoms with Gasteiger partial charge in [-0.15, -0.1) is 0 Å². The van der Waals surface area contributed by atoms with Gasteiger partial charge in [0.2, 0.25) is 0 Å². The van der Waals surface area contributed by atoms with Gasteiger partial charge in [-0.25, -0.2) is 0 Å². The number of carbonyl (C=O) groups is 1. The summed E-state index contributed by atoms with van der Waals surface area (Å²) in [6.45, 7) is 5.12. The summed E-state index contributed by atoms with van der Waals surface area (Å²) in [7, 11) is 0. The van der Waals surface area contributed by atoms with Crippen LogP contribution in [0.2, 0.25) is 0 Å². The van der Waals surface area contributed by atoms with E-state index in [1.165, 1.54) is 0 Å². The fourth-order valence-electron chi connectivity index (χ4n) is 1.40. The molecule has 1 aromatic heterocycles. The molecular formula is C10H18N4O. The molecule has 0 aliphatic heterocycles. The Kier molecular flexibility index (Phi) is 3.71. The van der Waals surface area contributed by atoms with Gasteiger partial charge in [0.25, 0.3) is 5.91 Å². The van der Waals surface area contributed by atoms with Crippen LogP contribution in [0, 0.1) is 5.92 Å². The number of nitrogen functional groups attached to an aromatic ring is 1. The number of primary amides is 1. The van der Waals surface area contributed by atoms with Crippen molar-refractivity contribution in [3.63, 3.8) is 0 Å². The number of carbonyl (C=O) groups excluding carboxylic acids is 1. The highest BCUT2D eigenvalue weighted by atomic mass is 16.1. The minimum atomic E-state index is -0.574. The van der Waals surface area contributed by atoms with Gasteiger partial charge < -0.3 is 11.5 Å². The van der Waals surface area contributed by atoms with Gasteiger partial charge in [0.05, 0.1) is 5.69 Å². The van der Waals surface area contributed by atoms with Gasteiger partial charge in [-0.3, -0.25) is 9.48 Å². The Balaban J connectivity index is 2.56. The molecule has 0 aliphatic carbocycles. The predicted molar refractivity (Wildman–Crippen MR) is 59.2 cm³/mol. The van der Waals surface area contributed by atoms with Crippen molar-refractivity contribution in [1.29, 1.82) is 0 Å². The third-order valence-corrected chi connectivity index (χ3v) is 2.19. The third-order valence-electron chi connectivity index (χ3n) is 2.19. The molecule has 5 heteroatoms. The summed E-state index contributed by atoms with van der Waals surface area (Å²) in [5.41, 5.74) is 11.2. The summed E-state index contributed by atoms with van der Waals surface area (Å²) in [5, 5.41) is 4.02. The van der Waals surface area contributed by atoms with Crippen LogP contribution in [0.4, 0.5) is 5.69 Å². The molecule has 1 rings (SSSR count). The topological polar surface area (TPSA) is 86.9 Å². The number of aryl methyl sites for hydroxylation is 1. The molecule has 5 nitrogen and oxygen atoms in total. The van der Waals surface area contributed by atoms with E-state index in [0.29, 0.717) is 11.6 Å². The lowest BCUT2D eigenvalue weighted by molar-refractivity contribution is 0.0995. The molecule has 1 heterocycles. The second-order valence-electron chi connectivity index (χ2n) is 4.10. The van der Waals surface area contributed by atoms with E-state index in [2.05, 4.69) is 18.9 Å². The number of nitrogens with zero attached hydrogens (tertiary/aromatic N) is 2. The van der Waals surface area contributed by atoms with Crippen LogP contribution in [0.15, 0.2) is 6.20 Å². The number of rotatable bonds is 5. The fourth-order valence-corrected chi connectivity index (χ4v) is 1.40. The largest absolute Gasteiger partial charge is 0.396 e. The highest BCUT2D eigenvalue weighted by Crippen LogP contribution is 2.10. The Hall–Kier alpha value is -1.52. The van der Waals surface area contributed by atoms with Gasteiger partial charge in [-0.1, -0.05) is 13.8 Å². The first-order valence-electron chi connectivity index (χ1n) is 5.13. The number of anilines is 1. The van der Waals surface area contributed by atoms with Gasteiger partial charge in [0.1, 0.15) is 0 Å². The lowest BCUT2D eigenvalue weighted by atomic mass is 10.1. The molecule has 1 amide bonds. The maximum absolute atomic E-state index is 10.9. The van der Waals surface area contributed by atoms with Crippen molar-refractivity contribution in [2.24, 2.45) is 11.7 Å². The van der Waals surface area contributed by atoms with E-state index >= 15 is 0 Å². The smallest absolute Gasteiger partial charge is 0.271 e. The monoisotopic (exact) mass is 210 g/mol. The summed E-state index contributed by atoms with van der Waals surface area (Å²) >= 11 is 0. The van der Waals surface area contributed by atoms with Crippen molar-refractivity contribution in [3.05, 3.63) is 11.9 Å². The molecule has 4 N–H and O–H groups in total. The molecule has 0 aliphatic rings. The van der Waals surface area contributed by atoms with Crippen LogP contribution >= 0.6 is 0 Å². The van der Waals surface area contributed by atoms with E-state index in [0.717, 1.165) is 19.4 Å². The molecule has 0 radical (unpaired) electrons. The van der Waals surface area contributed by atoms with Crippen LogP contribution in [0.1, 0.15) is 37.2 Å². The average Bonchev–Trinajstić information content (AvgIpc) is 2.46. The van der Waals surface area contributed by atoms with Crippen LogP contribution in [-0.2, 0) is 6.54 Å². The van der Waals surface area contributed by atoms with Crippen LogP contribution < -0.4 is 11.5 Å². The Morgan fingerprint density at radius 3 is 2.73 bits per heavy atom. The summed E-state index contributed by atoms with van der Waals surface area (Å²) in [4.78, 5) is 10.9. The van der Waals surface area contributed by atoms with Crippen LogP contribution in [-0.4, -0.2) is 15.7 Å². The van der Waals surface area contributed by atoms with Crippen molar-refractivity contribution in [2.75, 3.05) is 5.73 Å². The Morgan fingerprint density at radius 2 is 2.27 bits per heavy atom. The molecule has 0 spiro atoms. The standard InChI is InChI=1S/C10H18N4O/c1-7(2)4-3-5-14-6-8(11)9(13-14)10(12)15/h6-7H,3-5,11H2,1-2H3,(H2,12,15). The second kappa shape index (κ2) is 4.82. The highest BCUT2D eigenvalue weighted by molar-refractivity contribution is 5.95. The quantitative estimate of drug-likeness (QED) is 0.760. The minimum absolute atomic E-state index is 0.166. The zero-order chi connectivity index (χ0) is 11.4. The molecule has 84 valence electrons. The zero-order valence-corrected chi connectivity index (χ0v) is 9.23. The summed E-state index contributed by atoms with van der Waals surface area (Å²) in [5.74, 6) is 0.101. The van der Waals surface area contributed by atoms with Gasteiger partial charge in [-0.2, -0.15) is 5.10 Å². The van der Waals surface area contributed by atoms with Crippen molar-refractivity contribution in [3.8, 4) is 0 Å². The molecule has 0 fully saturated rings. The summed E-state index contributed by atoms with van der Waals surface area (Å²) in [6, 6.07) is 0. The van der Waals surface area contributed by atoms with Gasteiger partial charge in [0, 0.05) is 12.7 Å². The molecular weight excluding hydrogens is 192 g/mol. The van der Waals surface area contributed by atoms with Gasteiger partial charge in [-0.05, 0) is 18.8 Å². The number of nitrogens with two attached hydrogens (primary N) is 2. The normalized spacial score (nSPS) is 10.9. The lowest BCUT2D eigenvalue weighted by Gasteiger charge is -2.03. The molecule has 15 heavy (non-hydrogen) atoms. The molecule has 0 bridgehead atoms. The number of amides is 1. The van der Waals surface area contributed by atoms with E-state index in [9.17, 15) is 4.79 Å². The number of aromatic nitrogens is 2. The molecule has 1 aromatic rings. The van der Waals surface area contributed by atoms with E-state index in [1.54, 1.807) is 10.9 Å². The Labute approximate surface area is 89.4 Å². The third kappa shape index (κ3) is 3.27. The van der Waals surface area contributed by atoms with E-state index < -0.39 is 5.91 Å². The number of hydrogen-bond acceptors (Lipinski definition) is 3. The molecule has 0 saturated heterocycles. The maximum atomic E-state index is 10.9. The van der Waals surface area contributed by atoms with Crippen LogP contribution in [0.5, 0.6) is 0 Å². The fraction of sp³-hybridized carbons (Fsp3) is 0.600. The molecule has 0 aromatic carbocycles. The van der Waals surface area contributed by atoms with Crippen molar-refractivity contribution in [1.82, 2.24) is 9.78 Å².